The number of rotatable bonds is 18. The predicted octanol–water partition coefficient (Wildman–Crippen LogP) is -2.04. The van der Waals surface area contributed by atoms with Gasteiger partial charge in [0.05, 0.1) is 12.5 Å². The van der Waals surface area contributed by atoms with E-state index in [0.29, 0.717) is 24.9 Å². The summed E-state index contributed by atoms with van der Waals surface area (Å²) in [4.78, 5) is 72.7. The molecule has 4 atom stereocenters. The first kappa shape index (κ1) is 32.0. The molecule has 210 valence electrons. The van der Waals surface area contributed by atoms with Crippen molar-refractivity contribution in [1.29, 1.82) is 0 Å². The van der Waals surface area contributed by atoms with Crippen LogP contribution in [0.25, 0.3) is 0 Å². The lowest BCUT2D eigenvalue weighted by Crippen LogP contribution is -2.57. The van der Waals surface area contributed by atoms with Crippen LogP contribution in [0.4, 0.5) is 0 Å². The molecule has 0 aliphatic heterocycles. The molecule has 0 saturated heterocycles. The molecule has 0 aromatic heterocycles. The quantitative estimate of drug-likeness (QED) is 0.0953. The Morgan fingerprint density at radius 2 is 1.37 bits per heavy atom. The number of nitrogens with two attached hydrogens (primary N) is 3. The van der Waals surface area contributed by atoms with Crippen molar-refractivity contribution in [3.05, 3.63) is 35.9 Å². The molecule has 0 heterocycles. The third-order valence-corrected chi connectivity index (χ3v) is 5.53. The number of hydrogen-bond donors (Lipinski definition) is 8. The minimum Gasteiger partial charge on any atom is -0.481 e. The monoisotopic (exact) mass is 536 g/mol. The Kier molecular flexibility index (Phi) is 14.0. The Bertz CT molecular complexity index is 974. The summed E-state index contributed by atoms with van der Waals surface area (Å²) in [7, 11) is 0. The van der Waals surface area contributed by atoms with Crippen molar-refractivity contribution in [2.75, 3.05) is 6.54 Å². The summed E-state index contributed by atoms with van der Waals surface area (Å²) in [6.07, 6.45) is -0.00311. The molecule has 0 aliphatic rings. The number of carbonyl (C=O) groups is 6. The van der Waals surface area contributed by atoms with Gasteiger partial charge < -0.3 is 43.4 Å². The van der Waals surface area contributed by atoms with Gasteiger partial charge in [-0.2, -0.15) is 0 Å². The van der Waals surface area contributed by atoms with E-state index in [1.165, 1.54) is 0 Å². The van der Waals surface area contributed by atoms with Crippen molar-refractivity contribution in [3.8, 4) is 0 Å². The van der Waals surface area contributed by atoms with Gasteiger partial charge in [-0.15, -0.1) is 0 Å². The molecular formula is C24H36N6O8. The first-order chi connectivity index (χ1) is 17.9. The van der Waals surface area contributed by atoms with E-state index in [2.05, 4.69) is 16.0 Å². The zero-order chi connectivity index (χ0) is 28.7. The number of aliphatic carboxylic acids is 2. The average molecular weight is 537 g/mol. The van der Waals surface area contributed by atoms with Crippen LogP contribution in [0.3, 0.4) is 0 Å². The Hall–Kier alpha value is -4.04. The van der Waals surface area contributed by atoms with Gasteiger partial charge in [-0.05, 0) is 31.4 Å². The summed E-state index contributed by atoms with van der Waals surface area (Å²) in [5.41, 5.74) is 17.0. The maximum Gasteiger partial charge on any atom is 0.326 e. The summed E-state index contributed by atoms with van der Waals surface area (Å²) in [5, 5.41) is 25.7. The number of carboxylic acid groups (broad SMARTS) is 2. The first-order valence-electron chi connectivity index (χ1n) is 12.1. The second kappa shape index (κ2) is 16.7. The van der Waals surface area contributed by atoms with E-state index in [-0.39, 0.29) is 25.7 Å². The molecule has 14 nitrogen and oxygen atoms in total. The number of amides is 4. The Morgan fingerprint density at radius 1 is 0.789 bits per heavy atom. The second-order valence-electron chi connectivity index (χ2n) is 8.71. The Morgan fingerprint density at radius 3 is 1.92 bits per heavy atom. The zero-order valence-corrected chi connectivity index (χ0v) is 20.9. The van der Waals surface area contributed by atoms with Crippen LogP contribution >= 0.6 is 0 Å². The third-order valence-electron chi connectivity index (χ3n) is 5.53. The lowest BCUT2D eigenvalue weighted by Gasteiger charge is -2.24. The summed E-state index contributed by atoms with van der Waals surface area (Å²) < 4.78 is 0. The fraction of sp³-hybridized carbons (Fsp3) is 0.500. The van der Waals surface area contributed by atoms with Crippen molar-refractivity contribution < 1.29 is 39.0 Å². The fourth-order valence-corrected chi connectivity index (χ4v) is 3.45. The van der Waals surface area contributed by atoms with Crippen LogP contribution in [-0.2, 0) is 35.2 Å². The second-order valence-corrected chi connectivity index (χ2v) is 8.71. The van der Waals surface area contributed by atoms with Crippen LogP contribution in [0.15, 0.2) is 30.3 Å². The van der Waals surface area contributed by atoms with Crippen molar-refractivity contribution in [2.24, 2.45) is 17.2 Å². The number of carbonyl (C=O) groups excluding carboxylic acids is 4. The smallest absolute Gasteiger partial charge is 0.326 e. The highest BCUT2D eigenvalue weighted by atomic mass is 16.4. The molecule has 4 amide bonds. The highest BCUT2D eigenvalue weighted by Gasteiger charge is 2.31. The molecular weight excluding hydrogens is 500 g/mol. The molecule has 1 aromatic rings. The van der Waals surface area contributed by atoms with Crippen LogP contribution in [0.5, 0.6) is 0 Å². The van der Waals surface area contributed by atoms with Gasteiger partial charge in [0.25, 0.3) is 0 Å². The number of primary amides is 1. The normalized spacial score (nSPS) is 13.8. The average Bonchev–Trinajstić information content (AvgIpc) is 2.85. The number of hydrogen-bond acceptors (Lipinski definition) is 8. The van der Waals surface area contributed by atoms with Gasteiger partial charge in [-0.25, -0.2) is 4.79 Å². The van der Waals surface area contributed by atoms with E-state index in [1.807, 2.05) is 0 Å². The standard InChI is InChI=1S/C24H36N6O8/c25-11-5-4-8-15(26)21(34)28-16(9-10-19(27)31)22(35)29-17(13-20(32)33)23(36)30-18(24(37)38)12-14-6-2-1-3-7-14/h1-3,6-7,15-18H,4-5,8-13,25-26H2,(H2,27,31)(H,28,34)(H,29,35)(H,30,36)(H,32,33)(H,37,38). The molecule has 0 fully saturated rings. The first-order valence-corrected chi connectivity index (χ1v) is 12.1. The van der Waals surface area contributed by atoms with E-state index in [0.717, 1.165) is 0 Å². The molecule has 1 rings (SSSR count). The fourth-order valence-electron chi connectivity index (χ4n) is 3.45. The molecule has 0 bridgehead atoms. The number of carboxylic acids is 2. The molecule has 0 saturated carbocycles. The topological polar surface area (TPSA) is 257 Å². The Balaban J connectivity index is 2.99. The van der Waals surface area contributed by atoms with Crippen molar-refractivity contribution >= 4 is 35.6 Å². The minimum absolute atomic E-state index is 0.0883. The van der Waals surface area contributed by atoms with Crippen molar-refractivity contribution in [1.82, 2.24) is 16.0 Å². The van der Waals surface area contributed by atoms with Gasteiger partial charge in [0, 0.05) is 12.8 Å². The van der Waals surface area contributed by atoms with E-state index < -0.39 is 66.2 Å². The minimum atomic E-state index is -1.68. The molecule has 11 N–H and O–H groups in total. The van der Waals surface area contributed by atoms with Gasteiger partial charge in [-0.3, -0.25) is 24.0 Å². The highest BCUT2D eigenvalue weighted by molar-refractivity contribution is 5.95. The molecule has 0 radical (unpaired) electrons. The lowest BCUT2D eigenvalue weighted by atomic mass is 10.0. The van der Waals surface area contributed by atoms with E-state index >= 15 is 0 Å². The summed E-state index contributed by atoms with van der Waals surface area (Å²) in [6, 6.07) is 3.01. The number of unbranched alkanes of at least 4 members (excludes halogenated alkanes) is 1. The highest BCUT2D eigenvalue weighted by Crippen LogP contribution is 2.07. The maximum absolute atomic E-state index is 13.0. The summed E-state index contributed by atoms with van der Waals surface area (Å²) in [6.45, 7) is 0.416. The van der Waals surface area contributed by atoms with Crippen LogP contribution in [0, 0.1) is 0 Å². The summed E-state index contributed by atoms with van der Waals surface area (Å²) >= 11 is 0. The lowest BCUT2D eigenvalue weighted by molar-refractivity contribution is -0.143. The Labute approximate surface area is 219 Å². The van der Waals surface area contributed by atoms with Gasteiger partial charge >= 0.3 is 11.9 Å². The van der Waals surface area contributed by atoms with Crippen LogP contribution in [0.2, 0.25) is 0 Å². The van der Waals surface area contributed by atoms with Gasteiger partial charge in [0.15, 0.2) is 0 Å². The van der Waals surface area contributed by atoms with Crippen molar-refractivity contribution in [2.45, 2.75) is 69.1 Å². The summed E-state index contributed by atoms with van der Waals surface area (Å²) in [5.74, 6) is -6.28. The van der Waals surface area contributed by atoms with Gasteiger partial charge in [-0.1, -0.05) is 36.8 Å². The van der Waals surface area contributed by atoms with E-state index in [4.69, 9.17) is 17.2 Å². The van der Waals surface area contributed by atoms with Crippen LogP contribution < -0.4 is 33.2 Å². The molecule has 14 heteroatoms. The molecule has 0 spiro atoms. The number of nitrogens with one attached hydrogen (secondary N) is 3. The van der Waals surface area contributed by atoms with Gasteiger partial charge in [0.1, 0.15) is 18.1 Å². The maximum atomic E-state index is 13.0. The van der Waals surface area contributed by atoms with Crippen LogP contribution in [-0.4, -0.2) is 76.5 Å². The SMILES string of the molecule is NCCCCC(N)C(=O)NC(CCC(N)=O)C(=O)NC(CC(=O)O)C(=O)NC(Cc1ccccc1)C(=O)O. The largest absolute Gasteiger partial charge is 0.481 e. The van der Waals surface area contributed by atoms with Crippen molar-refractivity contribution in [3.63, 3.8) is 0 Å². The third kappa shape index (κ3) is 12.3. The molecule has 38 heavy (non-hydrogen) atoms. The van der Waals surface area contributed by atoms with Crippen LogP contribution in [0.1, 0.15) is 44.1 Å². The molecule has 0 aliphatic carbocycles. The molecule has 1 aromatic carbocycles. The predicted molar refractivity (Wildman–Crippen MR) is 135 cm³/mol. The number of benzene rings is 1. The van der Waals surface area contributed by atoms with Gasteiger partial charge in [0.2, 0.25) is 23.6 Å². The molecule has 4 unspecified atom stereocenters. The van der Waals surface area contributed by atoms with E-state index in [1.54, 1.807) is 30.3 Å². The van der Waals surface area contributed by atoms with E-state index in [9.17, 15) is 39.0 Å². The zero-order valence-electron chi connectivity index (χ0n) is 20.9.